The second-order valence-electron chi connectivity index (χ2n) is 9.22. The zero-order chi connectivity index (χ0) is 23.9. The van der Waals surface area contributed by atoms with Gasteiger partial charge in [-0.05, 0) is 60.4 Å². The van der Waals surface area contributed by atoms with Crippen molar-refractivity contribution < 1.29 is 28.2 Å². The van der Waals surface area contributed by atoms with Crippen molar-refractivity contribution in [1.82, 2.24) is 0 Å². The summed E-state index contributed by atoms with van der Waals surface area (Å²) < 4.78 is 32.0. The lowest BCUT2D eigenvalue weighted by Crippen LogP contribution is -2.38. The topological polar surface area (TPSA) is 101 Å². The number of hydrogen-bond acceptors (Lipinski definition) is 5. The minimum absolute atomic E-state index is 0.0263. The normalized spacial score (nSPS) is 15.0. The van der Waals surface area contributed by atoms with Crippen LogP contribution in [0.15, 0.2) is 59.5 Å². The third-order valence-electron chi connectivity index (χ3n) is 6.10. The fourth-order valence-corrected chi connectivity index (χ4v) is 5.92. The van der Waals surface area contributed by atoms with Gasteiger partial charge in [0.15, 0.2) is 9.84 Å². The second-order valence-corrected chi connectivity index (χ2v) is 11.4. The molecule has 6 nitrogen and oxygen atoms in total. The molecule has 7 heteroatoms. The lowest BCUT2D eigenvalue weighted by molar-refractivity contribution is -0.143. The van der Waals surface area contributed by atoms with Crippen molar-refractivity contribution in [3.05, 3.63) is 60.2 Å². The fourth-order valence-electron chi connectivity index (χ4n) is 3.97. The van der Waals surface area contributed by atoms with Crippen LogP contribution in [0.1, 0.15) is 39.2 Å². The van der Waals surface area contributed by atoms with Crippen LogP contribution < -0.4 is 4.74 Å². The Balaban J connectivity index is 2.35. The molecule has 0 amide bonds. The maximum atomic E-state index is 13.4. The van der Waals surface area contributed by atoms with Gasteiger partial charge in [0.2, 0.25) is 0 Å². The van der Waals surface area contributed by atoms with Gasteiger partial charge in [-0.25, -0.2) is 8.42 Å². The van der Waals surface area contributed by atoms with Crippen molar-refractivity contribution in [1.29, 1.82) is 0 Å². The van der Waals surface area contributed by atoms with Crippen molar-refractivity contribution >= 4 is 15.8 Å². The van der Waals surface area contributed by atoms with E-state index in [0.717, 1.165) is 12.0 Å². The summed E-state index contributed by atoms with van der Waals surface area (Å²) in [6.07, 6.45) is 1.42. The van der Waals surface area contributed by atoms with Crippen LogP contribution in [0.4, 0.5) is 0 Å². The molecule has 2 rings (SSSR count). The highest BCUT2D eigenvalue weighted by molar-refractivity contribution is 7.92. The van der Waals surface area contributed by atoms with Crippen LogP contribution in [-0.4, -0.2) is 43.6 Å². The second kappa shape index (κ2) is 11.0. The monoisotopic (exact) mass is 462 g/mol. The highest BCUT2D eigenvalue weighted by atomic mass is 32.2. The molecular weight excluding hydrogens is 428 g/mol. The number of benzene rings is 2. The van der Waals surface area contributed by atoms with E-state index in [4.69, 9.17) is 4.74 Å². The number of ether oxygens (including phenoxy) is 1. The Bertz CT molecular complexity index is 962. The highest BCUT2D eigenvalue weighted by Crippen LogP contribution is 2.36. The molecule has 0 radical (unpaired) electrons. The Morgan fingerprint density at radius 2 is 1.59 bits per heavy atom. The standard InChI is InChI=1S/C25H34O6S/c1-25(2,3)19(16-18-8-6-5-7-9-18)10-15-23(22(17-26)24(27)28)32(29,30)21-13-11-20(31-4)12-14-21/h5-9,11-14,19,22-23,26H,10,15-17H2,1-4H3,(H,27,28)/t19?,22-,23+/m0/s1. The molecule has 1 unspecified atom stereocenters. The van der Waals surface area contributed by atoms with Crippen LogP contribution in [0.5, 0.6) is 5.75 Å². The number of carboxylic acid groups (broad SMARTS) is 1. The van der Waals surface area contributed by atoms with Gasteiger partial charge in [0.05, 0.1) is 29.8 Å². The minimum Gasteiger partial charge on any atom is -0.497 e. The first-order valence-electron chi connectivity index (χ1n) is 10.8. The molecule has 0 aliphatic carbocycles. The smallest absolute Gasteiger partial charge is 0.310 e. The van der Waals surface area contributed by atoms with Gasteiger partial charge in [-0.3, -0.25) is 4.79 Å². The van der Waals surface area contributed by atoms with E-state index < -0.39 is 33.6 Å². The third kappa shape index (κ3) is 6.56. The molecular formula is C25H34O6S. The molecule has 0 saturated carbocycles. The summed E-state index contributed by atoms with van der Waals surface area (Å²) in [7, 11) is -2.51. The predicted octanol–water partition coefficient (Wildman–Crippen LogP) is 4.22. The Kier molecular flexibility index (Phi) is 8.87. The first kappa shape index (κ1) is 25.9. The van der Waals surface area contributed by atoms with Crippen LogP contribution in [0.25, 0.3) is 0 Å². The molecule has 0 heterocycles. The lowest BCUT2D eigenvalue weighted by Gasteiger charge is -2.33. The third-order valence-corrected chi connectivity index (χ3v) is 8.39. The number of rotatable bonds is 11. The van der Waals surface area contributed by atoms with Gasteiger partial charge in [-0.15, -0.1) is 0 Å². The van der Waals surface area contributed by atoms with Crippen molar-refractivity contribution in [3.63, 3.8) is 0 Å². The van der Waals surface area contributed by atoms with Crippen LogP contribution in [-0.2, 0) is 21.1 Å². The summed E-state index contributed by atoms with van der Waals surface area (Å²) in [5.41, 5.74) is 1.04. The number of carbonyl (C=O) groups is 1. The van der Waals surface area contributed by atoms with Crippen molar-refractivity contribution in [3.8, 4) is 5.75 Å². The summed E-state index contributed by atoms with van der Waals surface area (Å²) in [5, 5.41) is 18.2. The summed E-state index contributed by atoms with van der Waals surface area (Å²) in [6.45, 7) is 5.57. The van der Waals surface area contributed by atoms with Gasteiger partial charge in [0, 0.05) is 0 Å². The Morgan fingerprint density at radius 1 is 1.00 bits per heavy atom. The molecule has 176 valence electrons. The molecule has 0 saturated heterocycles. The van der Waals surface area contributed by atoms with E-state index in [2.05, 4.69) is 20.8 Å². The Hall–Kier alpha value is -2.38. The molecule has 3 atom stereocenters. The van der Waals surface area contributed by atoms with E-state index in [9.17, 15) is 23.4 Å². The van der Waals surface area contributed by atoms with E-state index >= 15 is 0 Å². The van der Waals surface area contributed by atoms with Crippen LogP contribution in [0.2, 0.25) is 0 Å². The number of aliphatic hydroxyl groups excluding tert-OH is 1. The largest absolute Gasteiger partial charge is 0.497 e. The molecule has 0 fully saturated rings. The molecule has 2 aromatic carbocycles. The van der Waals surface area contributed by atoms with Crippen molar-refractivity contribution in [2.75, 3.05) is 13.7 Å². The van der Waals surface area contributed by atoms with Crippen LogP contribution in [0, 0.1) is 17.3 Å². The van der Waals surface area contributed by atoms with E-state index in [1.165, 1.54) is 31.4 Å². The van der Waals surface area contributed by atoms with Crippen LogP contribution >= 0.6 is 0 Å². The van der Waals surface area contributed by atoms with Gasteiger partial charge < -0.3 is 14.9 Å². The quantitative estimate of drug-likeness (QED) is 0.519. The number of carboxylic acids is 1. The van der Waals surface area contributed by atoms with E-state index in [1.807, 2.05) is 30.3 Å². The number of methoxy groups -OCH3 is 1. The van der Waals surface area contributed by atoms with Gasteiger partial charge in [0.25, 0.3) is 0 Å². The summed E-state index contributed by atoms with van der Waals surface area (Å²) in [6, 6.07) is 15.9. The Labute approximate surface area is 191 Å². The lowest BCUT2D eigenvalue weighted by atomic mass is 9.74. The number of hydrogen-bond donors (Lipinski definition) is 2. The summed E-state index contributed by atoms with van der Waals surface area (Å²) in [5.74, 6) is -2.08. The van der Waals surface area contributed by atoms with Gasteiger partial charge in [0.1, 0.15) is 5.75 Å². The maximum Gasteiger partial charge on any atom is 0.310 e. The molecule has 0 aromatic heterocycles. The molecule has 0 spiro atoms. The van der Waals surface area contributed by atoms with Gasteiger partial charge >= 0.3 is 5.97 Å². The SMILES string of the molecule is COc1ccc(S(=O)(=O)[C@H](CCC(Cc2ccccc2)C(C)(C)C)[C@H](CO)C(=O)O)cc1. The van der Waals surface area contributed by atoms with E-state index in [-0.39, 0.29) is 22.6 Å². The van der Waals surface area contributed by atoms with Gasteiger partial charge in [-0.2, -0.15) is 0 Å². The molecule has 32 heavy (non-hydrogen) atoms. The first-order valence-corrected chi connectivity index (χ1v) is 12.3. The zero-order valence-corrected chi connectivity index (χ0v) is 20.0. The first-order chi connectivity index (χ1) is 15.0. The number of sulfone groups is 1. The average Bonchev–Trinajstić information content (AvgIpc) is 2.75. The average molecular weight is 463 g/mol. The molecule has 2 N–H and O–H groups in total. The summed E-state index contributed by atoms with van der Waals surface area (Å²) in [4.78, 5) is 11.9. The zero-order valence-electron chi connectivity index (χ0n) is 19.2. The van der Waals surface area contributed by atoms with E-state index in [0.29, 0.717) is 12.2 Å². The number of aliphatic hydroxyl groups is 1. The highest BCUT2D eigenvalue weighted by Gasteiger charge is 2.39. The minimum atomic E-state index is -3.99. The maximum absolute atomic E-state index is 13.4. The summed E-state index contributed by atoms with van der Waals surface area (Å²) >= 11 is 0. The number of aliphatic carboxylic acids is 1. The van der Waals surface area contributed by atoms with Crippen molar-refractivity contribution in [2.45, 2.75) is 50.2 Å². The fraction of sp³-hybridized carbons (Fsp3) is 0.480. The molecule has 0 aliphatic heterocycles. The molecule has 0 bridgehead atoms. The molecule has 0 aliphatic rings. The predicted molar refractivity (Wildman–Crippen MR) is 125 cm³/mol. The van der Waals surface area contributed by atoms with Gasteiger partial charge in [-0.1, -0.05) is 51.1 Å². The molecule has 2 aromatic rings. The van der Waals surface area contributed by atoms with E-state index in [1.54, 1.807) is 0 Å². The van der Waals surface area contributed by atoms with Crippen LogP contribution in [0.3, 0.4) is 0 Å². The Morgan fingerprint density at radius 3 is 2.06 bits per heavy atom. The van der Waals surface area contributed by atoms with Crippen molar-refractivity contribution in [2.24, 2.45) is 17.3 Å².